The van der Waals surface area contributed by atoms with Crippen molar-refractivity contribution < 1.29 is 19.1 Å². The third-order valence-corrected chi connectivity index (χ3v) is 7.65. The average molecular weight is 482 g/mol. The molecule has 0 radical (unpaired) electrons. The fraction of sp³-hybridized carbons (Fsp3) is 0.476. The Morgan fingerprint density at radius 2 is 2.10 bits per heavy atom. The van der Waals surface area contributed by atoms with E-state index in [0.717, 1.165) is 18.4 Å². The molecule has 2 N–H and O–H groups in total. The number of amides is 2. The van der Waals surface area contributed by atoms with Crippen molar-refractivity contribution in [3.05, 3.63) is 32.6 Å². The van der Waals surface area contributed by atoms with E-state index in [9.17, 15) is 9.59 Å². The summed E-state index contributed by atoms with van der Waals surface area (Å²) in [6.45, 7) is 0.437. The molecule has 2 aliphatic rings. The van der Waals surface area contributed by atoms with Crippen molar-refractivity contribution in [1.29, 1.82) is 0 Å². The summed E-state index contributed by atoms with van der Waals surface area (Å²) in [5.41, 5.74) is 1.01. The number of aromatic nitrogens is 1. The number of halogens is 1. The van der Waals surface area contributed by atoms with Gasteiger partial charge in [-0.25, -0.2) is 0 Å². The van der Waals surface area contributed by atoms with Gasteiger partial charge in [-0.1, -0.05) is 17.4 Å². The standard InChI is InChI=1S/C21H24ClN3O4S2/c1-28-15-6-3-11(9-16(15)29-2)7-8-23-20(27)17-18-24-19(26)13-10-12(22)4-5-14(13)25(18)21(30)31-17/h3,6,9,12-14H,4-5,7-8,10H2,1-2H3,(H,23,27)(H,24,26). The normalized spacial score (nSPS) is 22.2. The summed E-state index contributed by atoms with van der Waals surface area (Å²) in [7, 11) is 3.18. The first-order valence-electron chi connectivity index (χ1n) is 10.1. The van der Waals surface area contributed by atoms with Crippen LogP contribution in [0.1, 0.15) is 40.5 Å². The summed E-state index contributed by atoms with van der Waals surface area (Å²) in [5, 5.41) is 5.84. The Balaban J connectivity index is 1.47. The van der Waals surface area contributed by atoms with Crippen LogP contribution in [0.15, 0.2) is 18.2 Å². The molecule has 0 saturated heterocycles. The van der Waals surface area contributed by atoms with Gasteiger partial charge in [-0.3, -0.25) is 9.59 Å². The van der Waals surface area contributed by atoms with E-state index in [1.165, 1.54) is 11.3 Å². The van der Waals surface area contributed by atoms with E-state index in [1.54, 1.807) is 14.2 Å². The lowest BCUT2D eigenvalue weighted by Gasteiger charge is -2.38. The zero-order valence-corrected chi connectivity index (χ0v) is 19.7. The smallest absolute Gasteiger partial charge is 0.265 e. The molecular formula is C21H24ClN3O4S2. The van der Waals surface area contributed by atoms with Gasteiger partial charge in [0.25, 0.3) is 5.91 Å². The first kappa shape index (κ1) is 22.1. The van der Waals surface area contributed by atoms with Crippen LogP contribution in [0.2, 0.25) is 0 Å². The van der Waals surface area contributed by atoms with E-state index in [-0.39, 0.29) is 29.2 Å². The largest absolute Gasteiger partial charge is 0.493 e. The fourth-order valence-electron chi connectivity index (χ4n) is 4.30. The molecule has 7 nitrogen and oxygen atoms in total. The van der Waals surface area contributed by atoms with Gasteiger partial charge in [0, 0.05) is 18.0 Å². The van der Waals surface area contributed by atoms with Crippen LogP contribution in [0.3, 0.4) is 0 Å². The topological polar surface area (TPSA) is 81.6 Å². The van der Waals surface area contributed by atoms with Crippen molar-refractivity contribution >= 4 is 52.8 Å². The lowest BCUT2D eigenvalue weighted by molar-refractivity contribution is -0.123. The van der Waals surface area contributed by atoms with Crippen molar-refractivity contribution in [3.63, 3.8) is 0 Å². The van der Waals surface area contributed by atoms with Crippen molar-refractivity contribution in [1.82, 2.24) is 9.88 Å². The number of nitrogens with one attached hydrogen (secondary N) is 2. The number of hydrogen-bond donors (Lipinski definition) is 2. The van der Waals surface area contributed by atoms with Gasteiger partial charge in [0.2, 0.25) is 5.91 Å². The van der Waals surface area contributed by atoms with Gasteiger partial charge in [0.05, 0.1) is 20.1 Å². The molecule has 1 aliphatic heterocycles. The molecule has 1 fully saturated rings. The predicted molar refractivity (Wildman–Crippen MR) is 123 cm³/mol. The number of rotatable bonds is 6. The molecule has 3 atom stereocenters. The van der Waals surface area contributed by atoms with E-state index in [4.69, 9.17) is 33.3 Å². The second-order valence-electron chi connectivity index (χ2n) is 7.68. The maximum atomic E-state index is 12.9. The molecule has 10 heteroatoms. The molecule has 0 bridgehead atoms. The average Bonchev–Trinajstić information content (AvgIpc) is 3.10. The Kier molecular flexibility index (Phi) is 6.55. The zero-order valence-electron chi connectivity index (χ0n) is 17.3. The lowest BCUT2D eigenvalue weighted by Crippen LogP contribution is -2.42. The molecule has 1 saturated carbocycles. The second kappa shape index (κ2) is 9.18. The summed E-state index contributed by atoms with van der Waals surface area (Å²) in [5.74, 6) is 1.30. The van der Waals surface area contributed by atoms with Gasteiger partial charge in [0.1, 0.15) is 10.7 Å². The molecule has 4 rings (SSSR count). The van der Waals surface area contributed by atoms with Crippen LogP contribution in [0.25, 0.3) is 0 Å². The van der Waals surface area contributed by atoms with Crippen molar-refractivity contribution in [2.75, 3.05) is 26.1 Å². The number of ether oxygens (including phenoxy) is 2. The molecule has 1 aromatic carbocycles. The fourth-order valence-corrected chi connectivity index (χ4v) is 6.00. The number of carbonyl (C=O) groups is 2. The van der Waals surface area contributed by atoms with Crippen molar-refractivity contribution in [2.24, 2.45) is 5.92 Å². The quantitative estimate of drug-likeness (QED) is 0.478. The molecule has 0 spiro atoms. The number of alkyl halides is 1. The minimum absolute atomic E-state index is 0.000653. The first-order chi connectivity index (χ1) is 14.9. The minimum Gasteiger partial charge on any atom is -0.493 e. The molecule has 166 valence electrons. The Labute approximate surface area is 194 Å². The van der Waals surface area contributed by atoms with Gasteiger partial charge in [-0.05, 0) is 55.6 Å². The summed E-state index contributed by atoms with van der Waals surface area (Å²) >= 11 is 13.1. The van der Waals surface area contributed by atoms with Gasteiger partial charge in [-0.15, -0.1) is 11.6 Å². The molecule has 3 unspecified atom stereocenters. The minimum atomic E-state index is -0.241. The number of carbonyl (C=O) groups excluding carboxylic acids is 2. The maximum absolute atomic E-state index is 12.9. The van der Waals surface area contributed by atoms with Gasteiger partial charge in [-0.2, -0.15) is 0 Å². The predicted octanol–water partition coefficient (Wildman–Crippen LogP) is 4.17. The number of nitrogens with zero attached hydrogens (tertiary/aromatic N) is 1. The Morgan fingerprint density at radius 3 is 2.84 bits per heavy atom. The monoisotopic (exact) mass is 481 g/mol. The highest BCUT2D eigenvalue weighted by Crippen LogP contribution is 2.44. The summed E-state index contributed by atoms with van der Waals surface area (Å²) < 4.78 is 13.1. The molecule has 2 amide bonds. The van der Waals surface area contributed by atoms with Crippen LogP contribution in [0.4, 0.5) is 5.82 Å². The highest BCUT2D eigenvalue weighted by atomic mass is 35.5. The first-order valence-corrected chi connectivity index (χ1v) is 11.8. The van der Waals surface area contributed by atoms with Crippen LogP contribution < -0.4 is 20.1 Å². The van der Waals surface area contributed by atoms with Gasteiger partial charge < -0.3 is 24.7 Å². The summed E-state index contributed by atoms with van der Waals surface area (Å²) in [4.78, 5) is 26.0. The van der Waals surface area contributed by atoms with E-state index in [2.05, 4.69) is 10.6 Å². The van der Waals surface area contributed by atoms with E-state index >= 15 is 0 Å². The van der Waals surface area contributed by atoms with Gasteiger partial charge >= 0.3 is 0 Å². The highest BCUT2D eigenvalue weighted by molar-refractivity contribution is 7.73. The number of fused-ring (bicyclic) bond motifs is 3. The Morgan fingerprint density at radius 1 is 1.32 bits per heavy atom. The van der Waals surface area contributed by atoms with Crippen LogP contribution in [0.5, 0.6) is 11.5 Å². The van der Waals surface area contributed by atoms with Crippen LogP contribution in [-0.4, -0.2) is 42.5 Å². The van der Waals surface area contributed by atoms with E-state index < -0.39 is 0 Å². The highest BCUT2D eigenvalue weighted by Gasteiger charge is 2.42. The van der Waals surface area contributed by atoms with Crippen LogP contribution in [0, 0.1) is 9.87 Å². The summed E-state index contributed by atoms with van der Waals surface area (Å²) in [6, 6.07) is 5.64. The van der Waals surface area contributed by atoms with Crippen molar-refractivity contribution in [2.45, 2.75) is 37.1 Å². The number of anilines is 1. The van der Waals surface area contributed by atoms with Crippen molar-refractivity contribution in [3.8, 4) is 11.5 Å². The number of benzene rings is 1. The molecule has 2 heterocycles. The van der Waals surface area contributed by atoms with Crippen LogP contribution >= 0.6 is 35.2 Å². The SMILES string of the molecule is COc1ccc(CCNC(=O)c2sc(=S)n3c2NC(=O)C2CC(Cl)CCC23)cc1OC. The molecule has 31 heavy (non-hydrogen) atoms. The Hall–Kier alpha value is -2.10. The van der Waals surface area contributed by atoms with Gasteiger partial charge in [0.15, 0.2) is 15.5 Å². The molecule has 1 aromatic heterocycles. The molecular weight excluding hydrogens is 458 g/mol. The lowest BCUT2D eigenvalue weighted by atomic mass is 9.82. The molecule has 1 aliphatic carbocycles. The summed E-state index contributed by atoms with van der Waals surface area (Å²) in [6.07, 6.45) is 2.87. The number of methoxy groups -OCH3 is 2. The number of hydrogen-bond acceptors (Lipinski definition) is 6. The molecule has 2 aromatic rings. The third kappa shape index (κ3) is 4.31. The maximum Gasteiger partial charge on any atom is 0.265 e. The van der Waals surface area contributed by atoms with E-state index in [0.29, 0.717) is 45.5 Å². The van der Waals surface area contributed by atoms with E-state index in [1.807, 2.05) is 22.8 Å². The van der Waals surface area contributed by atoms with Crippen LogP contribution in [-0.2, 0) is 11.2 Å². The number of thiazole rings is 1. The zero-order chi connectivity index (χ0) is 22.1. The second-order valence-corrected chi connectivity index (χ2v) is 9.95. The Bertz CT molecular complexity index is 1070. The third-order valence-electron chi connectivity index (χ3n) is 5.86.